The van der Waals surface area contributed by atoms with Crippen LogP contribution >= 0.6 is 11.6 Å². The molecular formula is C15H17ClN6O2. The van der Waals surface area contributed by atoms with Crippen LogP contribution in [0.4, 0.5) is 5.69 Å². The van der Waals surface area contributed by atoms with Gasteiger partial charge in [-0.15, -0.1) is 0 Å². The molecule has 2 heterocycles. The fourth-order valence-corrected chi connectivity index (χ4v) is 2.66. The number of aromatic amines is 1. The van der Waals surface area contributed by atoms with Gasteiger partial charge in [-0.2, -0.15) is 15.4 Å². The molecule has 1 aliphatic rings. The Hall–Kier alpha value is -2.61. The maximum Gasteiger partial charge on any atom is 0.273 e. The van der Waals surface area contributed by atoms with Gasteiger partial charge in [-0.05, 0) is 24.3 Å². The summed E-state index contributed by atoms with van der Waals surface area (Å²) in [5, 5.41) is 12.8. The van der Waals surface area contributed by atoms with E-state index in [9.17, 15) is 9.59 Å². The number of nitrogens with zero attached hydrogens (tertiary/aromatic N) is 4. The summed E-state index contributed by atoms with van der Waals surface area (Å²) < 4.78 is 0. The first-order valence-corrected chi connectivity index (χ1v) is 7.93. The van der Waals surface area contributed by atoms with Gasteiger partial charge in [-0.1, -0.05) is 11.6 Å². The number of hydrogen-bond acceptors (Lipinski definition) is 5. The van der Waals surface area contributed by atoms with E-state index in [1.54, 1.807) is 4.90 Å². The smallest absolute Gasteiger partial charge is 0.273 e. The molecule has 1 aromatic heterocycles. The zero-order chi connectivity index (χ0) is 16.9. The van der Waals surface area contributed by atoms with E-state index in [2.05, 4.69) is 25.6 Å². The third kappa shape index (κ3) is 3.83. The van der Waals surface area contributed by atoms with E-state index >= 15 is 0 Å². The summed E-state index contributed by atoms with van der Waals surface area (Å²) in [6.45, 7) is 2.66. The minimum absolute atomic E-state index is 0.0490. The molecule has 126 valence electrons. The van der Waals surface area contributed by atoms with Crippen LogP contribution in [0, 0.1) is 0 Å². The number of H-pyrrole nitrogens is 1. The van der Waals surface area contributed by atoms with Gasteiger partial charge in [0.1, 0.15) is 0 Å². The molecule has 8 nitrogen and oxygen atoms in total. The molecule has 24 heavy (non-hydrogen) atoms. The van der Waals surface area contributed by atoms with Crippen LogP contribution in [0.3, 0.4) is 0 Å². The lowest BCUT2D eigenvalue weighted by atomic mass is 10.2. The molecule has 1 aliphatic heterocycles. The van der Waals surface area contributed by atoms with Gasteiger partial charge in [-0.3, -0.25) is 9.59 Å². The highest BCUT2D eigenvalue weighted by molar-refractivity contribution is 6.30. The van der Waals surface area contributed by atoms with Crippen molar-refractivity contribution in [2.75, 3.05) is 37.6 Å². The molecule has 9 heteroatoms. The Bertz CT molecular complexity index is 695. The fraction of sp³-hybridized carbons (Fsp3) is 0.333. The maximum absolute atomic E-state index is 12.2. The third-order valence-corrected chi connectivity index (χ3v) is 4.12. The van der Waals surface area contributed by atoms with Crippen molar-refractivity contribution in [3.63, 3.8) is 0 Å². The van der Waals surface area contributed by atoms with Crippen LogP contribution in [-0.4, -0.2) is 64.8 Å². The molecule has 0 atom stereocenters. The van der Waals surface area contributed by atoms with Crippen LogP contribution in [-0.2, 0) is 4.79 Å². The van der Waals surface area contributed by atoms with Gasteiger partial charge in [0.15, 0.2) is 5.69 Å². The average Bonchev–Trinajstić information content (AvgIpc) is 3.15. The predicted molar refractivity (Wildman–Crippen MR) is 89.0 cm³/mol. The summed E-state index contributed by atoms with van der Waals surface area (Å²) in [5.74, 6) is -0.528. The maximum atomic E-state index is 12.2. The summed E-state index contributed by atoms with van der Waals surface area (Å²) >= 11 is 5.90. The molecule has 3 rings (SSSR count). The predicted octanol–water partition coefficient (Wildman–Crippen LogP) is 0.537. The van der Waals surface area contributed by atoms with E-state index in [0.717, 1.165) is 18.8 Å². The lowest BCUT2D eigenvalue weighted by Crippen LogP contribution is -2.51. The van der Waals surface area contributed by atoms with E-state index < -0.39 is 5.91 Å². The molecular weight excluding hydrogens is 332 g/mol. The number of carbonyl (C=O) groups is 2. The van der Waals surface area contributed by atoms with Crippen molar-refractivity contribution in [2.45, 2.75) is 0 Å². The van der Waals surface area contributed by atoms with Gasteiger partial charge in [0.25, 0.3) is 5.91 Å². The lowest BCUT2D eigenvalue weighted by molar-refractivity contribution is -0.130. The molecule has 0 unspecified atom stereocenters. The number of anilines is 1. The highest BCUT2D eigenvalue weighted by Gasteiger charge is 2.22. The van der Waals surface area contributed by atoms with Crippen molar-refractivity contribution >= 4 is 29.1 Å². The minimum atomic E-state index is -0.420. The molecule has 1 saturated heterocycles. The number of hydrogen-bond donors (Lipinski definition) is 2. The number of aromatic nitrogens is 3. The van der Waals surface area contributed by atoms with Crippen LogP contribution in [0.1, 0.15) is 10.5 Å². The van der Waals surface area contributed by atoms with E-state index in [0.29, 0.717) is 18.1 Å². The Morgan fingerprint density at radius 2 is 1.88 bits per heavy atom. The van der Waals surface area contributed by atoms with Crippen molar-refractivity contribution in [1.29, 1.82) is 0 Å². The highest BCUT2D eigenvalue weighted by Crippen LogP contribution is 2.19. The van der Waals surface area contributed by atoms with Crippen molar-refractivity contribution in [1.82, 2.24) is 25.6 Å². The van der Waals surface area contributed by atoms with Gasteiger partial charge in [0, 0.05) is 36.9 Å². The van der Waals surface area contributed by atoms with Gasteiger partial charge in [0.2, 0.25) is 5.91 Å². The van der Waals surface area contributed by atoms with Crippen LogP contribution in [0.5, 0.6) is 0 Å². The quantitative estimate of drug-likeness (QED) is 0.841. The summed E-state index contributed by atoms with van der Waals surface area (Å²) in [6.07, 6.45) is 1.31. The number of nitrogens with one attached hydrogen (secondary N) is 2. The minimum Gasteiger partial charge on any atom is -0.368 e. The van der Waals surface area contributed by atoms with Crippen molar-refractivity contribution in [2.24, 2.45) is 0 Å². The van der Waals surface area contributed by atoms with Crippen molar-refractivity contribution in [3.05, 3.63) is 41.2 Å². The van der Waals surface area contributed by atoms with E-state index in [-0.39, 0.29) is 18.1 Å². The molecule has 0 saturated carbocycles. The first-order chi connectivity index (χ1) is 11.6. The highest BCUT2D eigenvalue weighted by atomic mass is 35.5. The average molecular weight is 349 g/mol. The molecule has 2 amide bonds. The summed E-state index contributed by atoms with van der Waals surface area (Å²) in [7, 11) is 0. The number of benzene rings is 1. The SMILES string of the molecule is O=C(NCC(=O)N1CCN(c2ccc(Cl)cc2)CC1)c1cn[nH]n1. The monoisotopic (exact) mass is 348 g/mol. The second-order valence-corrected chi connectivity index (χ2v) is 5.82. The zero-order valence-electron chi connectivity index (χ0n) is 12.9. The Kier molecular flexibility index (Phi) is 4.95. The Morgan fingerprint density at radius 1 is 1.17 bits per heavy atom. The van der Waals surface area contributed by atoms with Crippen LogP contribution in [0.2, 0.25) is 5.02 Å². The normalized spacial score (nSPS) is 14.5. The first-order valence-electron chi connectivity index (χ1n) is 7.56. The molecule has 0 radical (unpaired) electrons. The van der Waals surface area contributed by atoms with Crippen LogP contribution in [0.15, 0.2) is 30.5 Å². The Morgan fingerprint density at radius 3 is 2.50 bits per heavy atom. The van der Waals surface area contributed by atoms with Gasteiger partial charge in [-0.25, -0.2) is 0 Å². The standard InChI is InChI=1S/C15H17ClN6O2/c16-11-1-3-12(4-2-11)21-5-7-22(8-6-21)14(23)10-17-15(24)13-9-18-20-19-13/h1-4,9H,5-8,10H2,(H,17,24)(H,18,19,20). The van der Waals surface area contributed by atoms with E-state index in [1.165, 1.54) is 6.20 Å². The van der Waals surface area contributed by atoms with Gasteiger partial charge >= 0.3 is 0 Å². The molecule has 2 aromatic rings. The van der Waals surface area contributed by atoms with Crippen LogP contribution in [0.25, 0.3) is 0 Å². The van der Waals surface area contributed by atoms with Crippen molar-refractivity contribution in [3.8, 4) is 0 Å². The molecule has 0 aliphatic carbocycles. The van der Waals surface area contributed by atoms with Gasteiger partial charge in [0.05, 0.1) is 12.7 Å². The Labute approximate surface area is 143 Å². The zero-order valence-corrected chi connectivity index (χ0v) is 13.7. The second-order valence-electron chi connectivity index (χ2n) is 5.38. The molecule has 1 fully saturated rings. The van der Waals surface area contributed by atoms with Crippen LogP contribution < -0.4 is 10.2 Å². The molecule has 2 N–H and O–H groups in total. The van der Waals surface area contributed by atoms with E-state index in [1.807, 2.05) is 24.3 Å². The fourth-order valence-electron chi connectivity index (χ4n) is 2.54. The van der Waals surface area contributed by atoms with Gasteiger partial charge < -0.3 is 15.1 Å². The Balaban J connectivity index is 1.46. The topological polar surface area (TPSA) is 94.2 Å². The molecule has 0 bridgehead atoms. The first kappa shape index (κ1) is 16.3. The third-order valence-electron chi connectivity index (χ3n) is 3.87. The number of piperazine rings is 1. The lowest BCUT2D eigenvalue weighted by Gasteiger charge is -2.36. The number of amides is 2. The molecule has 1 aromatic carbocycles. The largest absolute Gasteiger partial charge is 0.368 e. The molecule has 0 spiro atoms. The summed E-state index contributed by atoms with van der Waals surface area (Å²) in [4.78, 5) is 27.9. The second kappa shape index (κ2) is 7.31. The number of halogens is 1. The summed E-state index contributed by atoms with van der Waals surface area (Å²) in [5.41, 5.74) is 1.25. The number of carbonyl (C=O) groups excluding carboxylic acids is 2. The van der Waals surface area contributed by atoms with E-state index in [4.69, 9.17) is 11.6 Å². The van der Waals surface area contributed by atoms with Crippen molar-refractivity contribution < 1.29 is 9.59 Å². The summed E-state index contributed by atoms with van der Waals surface area (Å²) in [6, 6.07) is 7.65. The number of rotatable bonds is 4.